The zero-order valence-corrected chi connectivity index (χ0v) is 8.74. The molecule has 2 rings (SSSR count). The molecule has 76 valence electrons. The van der Waals surface area contributed by atoms with Gasteiger partial charge in [-0.25, -0.2) is 0 Å². The van der Waals surface area contributed by atoms with Gasteiger partial charge in [-0.2, -0.15) is 0 Å². The van der Waals surface area contributed by atoms with E-state index in [0.29, 0.717) is 5.56 Å². The Balaban J connectivity index is 2.90. The first-order valence-corrected chi connectivity index (χ1v) is 4.83. The van der Waals surface area contributed by atoms with Gasteiger partial charge in [-0.1, -0.05) is 24.3 Å². The Morgan fingerprint density at radius 3 is 2.40 bits per heavy atom. The summed E-state index contributed by atoms with van der Waals surface area (Å²) in [6.45, 7) is 3.40. The van der Waals surface area contributed by atoms with Crippen LogP contribution in [0.5, 0.6) is 5.75 Å². The van der Waals surface area contributed by atoms with Crippen LogP contribution in [0.4, 0.5) is 0 Å². The first-order valence-electron chi connectivity index (χ1n) is 4.83. The monoisotopic (exact) mass is 200 g/mol. The van der Waals surface area contributed by atoms with Gasteiger partial charge in [0.1, 0.15) is 5.75 Å². The van der Waals surface area contributed by atoms with Gasteiger partial charge in [0.25, 0.3) is 0 Å². The van der Waals surface area contributed by atoms with Crippen molar-refractivity contribution in [1.82, 2.24) is 0 Å². The molecule has 0 aliphatic rings. The lowest BCUT2D eigenvalue weighted by Gasteiger charge is -2.08. The van der Waals surface area contributed by atoms with E-state index in [9.17, 15) is 9.90 Å². The highest BCUT2D eigenvalue weighted by Gasteiger charge is 2.11. The van der Waals surface area contributed by atoms with E-state index in [1.54, 1.807) is 6.07 Å². The molecule has 0 atom stereocenters. The summed E-state index contributed by atoms with van der Waals surface area (Å²) in [6, 6.07) is 9.27. The maximum Gasteiger partial charge on any atom is 0.163 e. The molecule has 2 aromatic carbocycles. The maximum atomic E-state index is 11.3. The summed E-state index contributed by atoms with van der Waals surface area (Å²) < 4.78 is 0. The highest BCUT2D eigenvalue weighted by atomic mass is 16.3. The summed E-state index contributed by atoms with van der Waals surface area (Å²) in [5.41, 5.74) is 1.40. The summed E-state index contributed by atoms with van der Waals surface area (Å²) in [7, 11) is 0. The van der Waals surface area contributed by atoms with E-state index in [0.717, 1.165) is 16.3 Å². The fraction of sp³-hybridized carbons (Fsp3) is 0.154. The van der Waals surface area contributed by atoms with Gasteiger partial charge in [0, 0.05) is 5.39 Å². The smallest absolute Gasteiger partial charge is 0.163 e. The minimum absolute atomic E-state index is 0.0868. The van der Waals surface area contributed by atoms with Gasteiger partial charge in [-0.05, 0) is 30.9 Å². The molecule has 0 bridgehead atoms. The number of aryl methyl sites for hydroxylation is 1. The summed E-state index contributed by atoms with van der Waals surface area (Å²) in [6.07, 6.45) is 0. The predicted molar refractivity (Wildman–Crippen MR) is 60.4 cm³/mol. The molecule has 1 N–H and O–H groups in total. The standard InChI is InChI=1S/C13H12O2/c1-8-7-12(9(2)14)13(15)11-6-4-3-5-10(8)11/h3-7,15H,1-2H3. The Hall–Kier alpha value is -1.83. The average Bonchev–Trinajstić information content (AvgIpc) is 2.23. The van der Waals surface area contributed by atoms with Gasteiger partial charge in [0.15, 0.2) is 5.78 Å². The van der Waals surface area contributed by atoms with Crippen molar-refractivity contribution in [2.45, 2.75) is 13.8 Å². The Labute approximate surface area is 88.2 Å². The minimum atomic E-state index is -0.110. The molecule has 0 heterocycles. The SMILES string of the molecule is CC(=O)c1cc(C)c2ccccc2c1O. The second kappa shape index (κ2) is 3.39. The molecule has 0 spiro atoms. The first-order chi connectivity index (χ1) is 7.11. The van der Waals surface area contributed by atoms with E-state index < -0.39 is 0 Å². The van der Waals surface area contributed by atoms with E-state index in [4.69, 9.17) is 0 Å². The van der Waals surface area contributed by atoms with Crippen LogP contribution in [0.15, 0.2) is 30.3 Å². The molecule has 0 saturated heterocycles. The van der Waals surface area contributed by atoms with Crippen molar-refractivity contribution >= 4 is 16.6 Å². The molecule has 0 unspecified atom stereocenters. The van der Waals surface area contributed by atoms with Crippen molar-refractivity contribution < 1.29 is 9.90 Å². The van der Waals surface area contributed by atoms with Crippen LogP contribution in [0, 0.1) is 6.92 Å². The van der Waals surface area contributed by atoms with Crippen LogP contribution in [-0.2, 0) is 0 Å². The van der Waals surface area contributed by atoms with Crippen molar-refractivity contribution in [3.63, 3.8) is 0 Å². The molecule has 0 aliphatic heterocycles. The molecule has 2 nitrogen and oxygen atoms in total. The van der Waals surface area contributed by atoms with Crippen molar-refractivity contribution in [2.24, 2.45) is 0 Å². The predicted octanol–water partition coefficient (Wildman–Crippen LogP) is 3.06. The van der Waals surface area contributed by atoms with Gasteiger partial charge in [-0.15, -0.1) is 0 Å². The molecular formula is C13H12O2. The zero-order chi connectivity index (χ0) is 11.0. The number of aromatic hydroxyl groups is 1. The number of phenols is 1. The Morgan fingerprint density at radius 2 is 1.80 bits per heavy atom. The third kappa shape index (κ3) is 1.48. The van der Waals surface area contributed by atoms with Crippen LogP contribution >= 0.6 is 0 Å². The number of fused-ring (bicyclic) bond motifs is 1. The van der Waals surface area contributed by atoms with Crippen LogP contribution in [0.3, 0.4) is 0 Å². The number of Topliss-reactive ketones (excluding diaryl/α,β-unsaturated/α-hetero) is 1. The van der Waals surface area contributed by atoms with Crippen LogP contribution in [0.1, 0.15) is 22.8 Å². The quantitative estimate of drug-likeness (QED) is 0.718. The molecule has 0 radical (unpaired) electrons. The average molecular weight is 200 g/mol. The first kappa shape index (κ1) is 9.71. The molecule has 0 saturated carbocycles. The van der Waals surface area contributed by atoms with Gasteiger partial charge < -0.3 is 5.11 Å². The largest absolute Gasteiger partial charge is 0.507 e. The van der Waals surface area contributed by atoms with Crippen LogP contribution in [0.25, 0.3) is 10.8 Å². The lowest BCUT2D eigenvalue weighted by atomic mass is 9.99. The molecule has 0 fully saturated rings. The fourth-order valence-corrected chi connectivity index (χ4v) is 1.81. The summed E-state index contributed by atoms with van der Waals surface area (Å²) in [5, 5.41) is 11.6. The molecule has 0 amide bonds. The Morgan fingerprint density at radius 1 is 1.20 bits per heavy atom. The number of benzene rings is 2. The number of carbonyl (C=O) groups excluding carboxylic acids is 1. The minimum Gasteiger partial charge on any atom is -0.507 e. The third-order valence-corrected chi connectivity index (χ3v) is 2.60. The number of hydrogen-bond acceptors (Lipinski definition) is 2. The van der Waals surface area contributed by atoms with Gasteiger partial charge in [-0.3, -0.25) is 4.79 Å². The molecule has 2 heteroatoms. The highest BCUT2D eigenvalue weighted by molar-refractivity contribution is 6.04. The van der Waals surface area contributed by atoms with E-state index in [1.165, 1.54) is 6.92 Å². The number of rotatable bonds is 1. The fourth-order valence-electron chi connectivity index (χ4n) is 1.81. The van der Waals surface area contributed by atoms with Crippen molar-refractivity contribution in [2.75, 3.05) is 0 Å². The van der Waals surface area contributed by atoms with Crippen LogP contribution in [0.2, 0.25) is 0 Å². The third-order valence-electron chi connectivity index (χ3n) is 2.60. The number of phenolic OH excluding ortho intramolecular Hbond substituents is 1. The summed E-state index contributed by atoms with van der Waals surface area (Å²) in [4.78, 5) is 11.3. The highest BCUT2D eigenvalue weighted by Crippen LogP contribution is 2.31. The lowest BCUT2D eigenvalue weighted by molar-refractivity contribution is 0.101. The van der Waals surface area contributed by atoms with E-state index in [-0.39, 0.29) is 11.5 Å². The lowest BCUT2D eigenvalue weighted by Crippen LogP contribution is -1.94. The molecular weight excluding hydrogens is 188 g/mol. The van der Waals surface area contributed by atoms with Crippen molar-refractivity contribution in [3.8, 4) is 5.75 Å². The van der Waals surface area contributed by atoms with Crippen molar-refractivity contribution in [3.05, 3.63) is 41.5 Å². The van der Waals surface area contributed by atoms with Crippen LogP contribution in [-0.4, -0.2) is 10.9 Å². The van der Waals surface area contributed by atoms with Crippen molar-refractivity contribution in [1.29, 1.82) is 0 Å². The molecule has 2 aromatic rings. The van der Waals surface area contributed by atoms with E-state index in [2.05, 4.69) is 0 Å². The molecule has 15 heavy (non-hydrogen) atoms. The van der Waals surface area contributed by atoms with E-state index in [1.807, 2.05) is 31.2 Å². The summed E-state index contributed by atoms with van der Waals surface area (Å²) in [5.74, 6) is -0.0231. The summed E-state index contributed by atoms with van der Waals surface area (Å²) >= 11 is 0. The zero-order valence-electron chi connectivity index (χ0n) is 8.74. The van der Waals surface area contributed by atoms with Gasteiger partial charge in [0.2, 0.25) is 0 Å². The normalized spacial score (nSPS) is 10.5. The number of hydrogen-bond donors (Lipinski definition) is 1. The van der Waals surface area contributed by atoms with Gasteiger partial charge >= 0.3 is 0 Å². The Bertz CT molecular complexity index is 541. The molecule has 0 aromatic heterocycles. The second-order valence-electron chi connectivity index (χ2n) is 3.69. The maximum absolute atomic E-state index is 11.3. The van der Waals surface area contributed by atoms with Crippen LogP contribution < -0.4 is 0 Å². The number of carbonyl (C=O) groups is 1. The van der Waals surface area contributed by atoms with Gasteiger partial charge in [0.05, 0.1) is 5.56 Å². The Kier molecular flexibility index (Phi) is 2.19. The number of ketones is 1. The van der Waals surface area contributed by atoms with E-state index >= 15 is 0 Å². The second-order valence-corrected chi connectivity index (χ2v) is 3.69. The molecule has 0 aliphatic carbocycles. The topological polar surface area (TPSA) is 37.3 Å².